The second-order valence-electron chi connectivity index (χ2n) is 5.71. The third-order valence-electron chi connectivity index (χ3n) is 3.79. The fourth-order valence-electron chi connectivity index (χ4n) is 2.45. The fourth-order valence-corrected chi connectivity index (χ4v) is 2.67. The van der Waals surface area contributed by atoms with Crippen LogP contribution < -0.4 is 10.7 Å². The Labute approximate surface area is 154 Å². The van der Waals surface area contributed by atoms with Gasteiger partial charge in [0, 0.05) is 18.3 Å². The average molecular weight is 370 g/mol. The predicted molar refractivity (Wildman–Crippen MR) is 98.9 cm³/mol. The summed E-state index contributed by atoms with van der Waals surface area (Å²) in [6.45, 7) is 1.93. The predicted octanol–water partition coefficient (Wildman–Crippen LogP) is 2.83. The van der Waals surface area contributed by atoms with Crippen molar-refractivity contribution in [2.75, 3.05) is 0 Å². The van der Waals surface area contributed by atoms with Crippen molar-refractivity contribution in [1.29, 1.82) is 0 Å². The lowest BCUT2D eigenvalue weighted by Gasteiger charge is -2.12. The fraction of sp³-hybridized carbons (Fsp3) is 0.105. The molecule has 0 aliphatic carbocycles. The standard InChI is InChI=1S/C19H16ClN3O3/c1-12-10-17(25)18(22-23(12)16-5-3-2-4-15(16)20)19(26)21-11-13-6-8-14(24)9-7-13/h2-10,24H,11H2,1H3,(H,21,26). The molecule has 0 aliphatic rings. The van der Waals surface area contributed by atoms with Gasteiger partial charge in [-0.3, -0.25) is 9.59 Å². The summed E-state index contributed by atoms with van der Waals surface area (Å²) in [6.07, 6.45) is 0. The first kappa shape index (κ1) is 17.7. The minimum absolute atomic E-state index is 0.142. The van der Waals surface area contributed by atoms with Gasteiger partial charge in [-0.05, 0) is 36.8 Å². The van der Waals surface area contributed by atoms with Crippen molar-refractivity contribution >= 4 is 17.5 Å². The highest BCUT2D eigenvalue weighted by atomic mass is 35.5. The molecule has 7 heteroatoms. The zero-order valence-electron chi connectivity index (χ0n) is 13.9. The number of nitrogens with zero attached hydrogens (tertiary/aromatic N) is 2. The van der Waals surface area contributed by atoms with Gasteiger partial charge >= 0.3 is 0 Å². The first-order valence-electron chi connectivity index (χ1n) is 7.87. The topological polar surface area (TPSA) is 84.2 Å². The molecule has 0 unspecified atom stereocenters. The zero-order chi connectivity index (χ0) is 18.7. The Morgan fingerprint density at radius 3 is 2.58 bits per heavy atom. The Morgan fingerprint density at radius 1 is 1.19 bits per heavy atom. The van der Waals surface area contributed by atoms with Crippen LogP contribution in [0.1, 0.15) is 21.7 Å². The van der Waals surface area contributed by atoms with Crippen LogP contribution >= 0.6 is 11.6 Å². The van der Waals surface area contributed by atoms with Gasteiger partial charge in [0.15, 0.2) is 5.69 Å². The lowest BCUT2D eigenvalue weighted by Crippen LogP contribution is -2.31. The van der Waals surface area contributed by atoms with E-state index in [1.807, 2.05) is 0 Å². The minimum Gasteiger partial charge on any atom is -0.508 e. The molecule has 2 aromatic carbocycles. The highest BCUT2D eigenvalue weighted by Gasteiger charge is 2.16. The monoisotopic (exact) mass is 369 g/mol. The van der Waals surface area contributed by atoms with Crippen molar-refractivity contribution < 1.29 is 9.90 Å². The van der Waals surface area contributed by atoms with Gasteiger partial charge in [0.2, 0.25) is 5.43 Å². The molecule has 2 N–H and O–H groups in total. The maximum absolute atomic E-state index is 12.4. The van der Waals surface area contributed by atoms with Gasteiger partial charge in [0.1, 0.15) is 5.75 Å². The molecule has 0 fully saturated rings. The number of aryl methyl sites for hydroxylation is 1. The molecule has 3 aromatic rings. The molecule has 0 saturated carbocycles. The highest BCUT2D eigenvalue weighted by molar-refractivity contribution is 6.32. The number of aromatic hydroxyl groups is 1. The van der Waals surface area contributed by atoms with Gasteiger partial charge < -0.3 is 10.4 Å². The van der Waals surface area contributed by atoms with Gasteiger partial charge in [-0.25, -0.2) is 4.68 Å². The van der Waals surface area contributed by atoms with E-state index in [2.05, 4.69) is 10.4 Å². The van der Waals surface area contributed by atoms with Crippen LogP contribution in [0.3, 0.4) is 0 Å². The quantitative estimate of drug-likeness (QED) is 0.740. The maximum atomic E-state index is 12.4. The molecule has 26 heavy (non-hydrogen) atoms. The van der Waals surface area contributed by atoms with Crippen LogP contribution in [0.15, 0.2) is 59.4 Å². The SMILES string of the molecule is Cc1cc(=O)c(C(=O)NCc2ccc(O)cc2)nn1-c1ccccc1Cl. The van der Waals surface area contributed by atoms with E-state index in [4.69, 9.17) is 11.6 Å². The number of hydrogen-bond acceptors (Lipinski definition) is 4. The second-order valence-corrected chi connectivity index (χ2v) is 6.12. The first-order valence-corrected chi connectivity index (χ1v) is 8.25. The summed E-state index contributed by atoms with van der Waals surface area (Å²) in [6, 6.07) is 14.8. The summed E-state index contributed by atoms with van der Waals surface area (Å²) in [5.41, 5.74) is 1.26. The van der Waals surface area contributed by atoms with Crippen molar-refractivity contribution in [1.82, 2.24) is 15.1 Å². The van der Waals surface area contributed by atoms with Crippen LogP contribution in [0.5, 0.6) is 5.75 Å². The number of para-hydroxylation sites is 1. The van der Waals surface area contributed by atoms with Crippen molar-refractivity contribution in [3.8, 4) is 11.4 Å². The Balaban J connectivity index is 1.88. The number of rotatable bonds is 4. The Kier molecular flexibility index (Phi) is 5.04. The molecule has 0 radical (unpaired) electrons. The van der Waals surface area contributed by atoms with E-state index in [9.17, 15) is 14.7 Å². The molecule has 132 valence electrons. The average Bonchev–Trinajstić information content (AvgIpc) is 2.62. The Bertz CT molecular complexity index is 1010. The summed E-state index contributed by atoms with van der Waals surface area (Å²) in [4.78, 5) is 24.6. The van der Waals surface area contributed by atoms with E-state index in [1.54, 1.807) is 43.3 Å². The molecule has 0 atom stereocenters. The Morgan fingerprint density at radius 2 is 1.88 bits per heavy atom. The van der Waals surface area contributed by atoms with Crippen molar-refractivity contribution in [3.05, 3.63) is 86.8 Å². The van der Waals surface area contributed by atoms with E-state index >= 15 is 0 Å². The number of aromatic nitrogens is 2. The molecule has 1 amide bonds. The third-order valence-corrected chi connectivity index (χ3v) is 4.11. The molecule has 0 bridgehead atoms. The molecular weight excluding hydrogens is 354 g/mol. The van der Waals surface area contributed by atoms with E-state index in [0.717, 1.165) is 5.56 Å². The van der Waals surface area contributed by atoms with Crippen LogP contribution in [0.4, 0.5) is 0 Å². The van der Waals surface area contributed by atoms with E-state index in [1.165, 1.54) is 22.9 Å². The number of hydrogen-bond donors (Lipinski definition) is 2. The van der Waals surface area contributed by atoms with Crippen LogP contribution in [0, 0.1) is 6.92 Å². The molecule has 0 aliphatic heterocycles. The van der Waals surface area contributed by atoms with Gasteiger partial charge in [-0.1, -0.05) is 35.9 Å². The molecule has 6 nitrogen and oxygen atoms in total. The lowest BCUT2D eigenvalue weighted by atomic mass is 10.2. The van der Waals surface area contributed by atoms with E-state index in [0.29, 0.717) is 16.4 Å². The van der Waals surface area contributed by atoms with Gasteiger partial charge in [0.05, 0.1) is 10.7 Å². The van der Waals surface area contributed by atoms with Crippen molar-refractivity contribution in [3.63, 3.8) is 0 Å². The number of halogens is 1. The van der Waals surface area contributed by atoms with E-state index < -0.39 is 11.3 Å². The lowest BCUT2D eigenvalue weighted by molar-refractivity contribution is 0.0943. The highest BCUT2D eigenvalue weighted by Crippen LogP contribution is 2.19. The molecule has 1 heterocycles. The molecule has 1 aromatic heterocycles. The van der Waals surface area contributed by atoms with Crippen LogP contribution in [0.25, 0.3) is 5.69 Å². The number of carbonyl (C=O) groups is 1. The number of nitrogens with one attached hydrogen (secondary N) is 1. The van der Waals surface area contributed by atoms with Gasteiger partial charge in [0.25, 0.3) is 5.91 Å². The van der Waals surface area contributed by atoms with Crippen LogP contribution in [-0.4, -0.2) is 20.8 Å². The normalized spacial score (nSPS) is 10.5. The van der Waals surface area contributed by atoms with Gasteiger partial charge in [-0.15, -0.1) is 0 Å². The summed E-state index contributed by atoms with van der Waals surface area (Å²) >= 11 is 6.20. The number of amides is 1. The smallest absolute Gasteiger partial charge is 0.276 e. The van der Waals surface area contributed by atoms with Crippen LogP contribution in [-0.2, 0) is 6.54 Å². The van der Waals surface area contributed by atoms with Crippen molar-refractivity contribution in [2.24, 2.45) is 0 Å². The third kappa shape index (κ3) is 3.75. The second kappa shape index (κ2) is 7.41. The number of carbonyl (C=O) groups excluding carboxylic acids is 1. The van der Waals surface area contributed by atoms with Gasteiger partial charge in [-0.2, -0.15) is 5.10 Å². The van der Waals surface area contributed by atoms with Crippen LogP contribution in [0.2, 0.25) is 5.02 Å². The molecule has 0 saturated heterocycles. The number of phenols is 1. The molecule has 0 spiro atoms. The zero-order valence-corrected chi connectivity index (χ0v) is 14.7. The summed E-state index contributed by atoms with van der Waals surface area (Å²) in [7, 11) is 0. The number of benzene rings is 2. The molecule has 3 rings (SSSR count). The summed E-state index contributed by atoms with van der Waals surface area (Å²) in [5.74, 6) is -0.438. The maximum Gasteiger partial charge on any atom is 0.276 e. The number of phenolic OH excluding ortho intramolecular Hbond substituents is 1. The molecular formula is C19H16ClN3O3. The first-order chi connectivity index (χ1) is 12.5. The summed E-state index contributed by atoms with van der Waals surface area (Å²) in [5, 5.41) is 16.6. The largest absolute Gasteiger partial charge is 0.508 e. The summed E-state index contributed by atoms with van der Waals surface area (Å²) < 4.78 is 1.47. The van der Waals surface area contributed by atoms with E-state index in [-0.39, 0.29) is 18.0 Å². The Hall–Kier alpha value is -3.12. The van der Waals surface area contributed by atoms with Crippen molar-refractivity contribution in [2.45, 2.75) is 13.5 Å². The minimum atomic E-state index is -0.580.